The second-order valence-electron chi connectivity index (χ2n) is 6.07. The molecule has 21 heavy (non-hydrogen) atoms. The van der Waals surface area contributed by atoms with Gasteiger partial charge in [-0.25, -0.2) is 0 Å². The first-order valence-corrected chi connectivity index (χ1v) is 8.16. The van der Waals surface area contributed by atoms with Gasteiger partial charge in [-0.05, 0) is 30.0 Å². The molecule has 0 aliphatic heterocycles. The fourth-order valence-corrected chi connectivity index (χ4v) is 2.50. The Morgan fingerprint density at radius 3 is 2.52 bits per heavy atom. The molecule has 120 valence electrons. The molecule has 0 saturated carbocycles. The number of ether oxygens (including phenoxy) is 1. The van der Waals surface area contributed by atoms with Crippen LogP contribution in [0.4, 0.5) is 0 Å². The first-order chi connectivity index (χ1) is 10.2. The van der Waals surface area contributed by atoms with Crippen LogP contribution in [0.3, 0.4) is 0 Å². The second kappa shape index (κ2) is 10.8. The van der Waals surface area contributed by atoms with Crippen molar-refractivity contribution in [2.75, 3.05) is 33.4 Å². The Hall–Kier alpha value is -0.900. The van der Waals surface area contributed by atoms with Crippen molar-refractivity contribution in [3.05, 3.63) is 35.4 Å². The maximum absolute atomic E-state index is 5.25. The minimum absolute atomic E-state index is 0.673. The van der Waals surface area contributed by atoms with E-state index in [1.54, 1.807) is 7.11 Å². The van der Waals surface area contributed by atoms with Gasteiger partial charge in [0.05, 0.1) is 6.61 Å². The fraction of sp³-hybridized carbons (Fsp3) is 0.667. The van der Waals surface area contributed by atoms with Gasteiger partial charge in [0.1, 0.15) is 0 Å². The molecule has 1 aromatic carbocycles. The van der Waals surface area contributed by atoms with Gasteiger partial charge in [-0.1, -0.05) is 45.0 Å². The molecular formula is C18H32N2O. The summed E-state index contributed by atoms with van der Waals surface area (Å²) in [5.74, 6) is 0.673. The summed E-state index contributed by atoms with van der Waals surface area (Å²) in [7, 11) is 1.77. The maximum atomic E-state index is 5.25. The summed E-state index contributed by atoms with van der Waals surface area (Å²) in [5, 5.41) is 3.51. The monoisotopic (exact) mass is 292 g/mol. The molecule has 0 unspecified atom stereocenters. The van der Waals surface area contributed by atoms with Crippen LogP contribution in [0.2, 0.25) is 0 Å². The van der Waals surface area contributed by atoms with Gasteiger partial charge in [0, 0.05) is 33.3 Å². The minimum atomic E-state index is 0.673. The molecule has 1 aromatic rings. The Labute approximate surface area is 130 Å². The molecule has 1 N–H and O–H groups in total. The summed E-state index contributed by atoms with van der Waals surface area (Å²) in [6.45, 7) is 12.7. The molecule has 0 aromatic heterocycles. The first-order valence-electron chi connectivity index (χ1n) is 8.16. The molecule has 0 aliphatic rings. The van der Waals surface area contributed by atoms with E-state index in [4.69, 9.17) is 4.74 Å². The Bertz CT molecular complexity index is 379. The van der Waals surface area contributed by atoms with Crippen LogP contribution in [0.25, 0.3) is 0 Å². The number of nitrogens with one attached hydrogen (secondary N) is 1. The smallest absolute Gasteiger partial charge is 0.0589 e. The van der Waals surface area contributed by atoms with Gasteiger partial charge in [-0.2, -0.15) is 0 Å². The normalized spacial score (nSPS) is 11.5. The van der Waals surface area contributed by atoms with E-state index in [9.17, 15) is 0 Å². The Kier molecular flexibility index (Phi) is 9.31. The summed E-state index contributed by atoms with van der Waals surface area (Å²) in [6, 6.07) is 8.77. The molecule has 1 rings (SSSR count). The van der Waals surface area contributed by atoms with E-state index in [0.29, 0.717) is 5.92 Å². The van der Waals surface area contributed by atoms with Crippen LogP contribution >= 0.6 is 0 Å². The van der Waals surface area contributed by atoms with Gasteiger partial charge in [-0.3, -0.25) is 4.90 Å². The van der Waals surface area contributed by atoms with Crippen molar-refractivity contribution >= 4 is 0 Å². The van der Waals surface area contributed by atoms with Gasteiger partial charge >= 0.3 is 0 Å². The van der Waals surface area contributed by atoms with E-state index in [-0.39, 0.29) is 0 Å². The highest BCUT2D eigenvalue weighted by molar-refractivity contribution is 5.27. The average molecular weight is 292 g/mol. The summed E-state index contributed by atoms with van der Waals surface area (Å²) < 4.78 is 5.25. The number of methoxy groups -OCH3 is 1. The van der Waals surface area contributed by atoms with Gasteiger partial charge in [-0.15, -0.1) is 0 Å². The van der Waals surface area contributed by atoms with Crippen LogP contribution in [-0.2, 0) is 17.8 Å². The SMILES string of the molecule is CCCNCc1ccccc1CN(CCOC)CC(C)C. The third-order valence-electron chi connectivity index (χ3n) is 3.49. The summed E-state index contributed by atoms with van der Waals surface area (Å²) in [6.07, 6.45) is 1.18. The third-order valence-corrected chi connectivity index (χ3v) is 3.49. The number of rotatable bonds is 11. The molecule has 0 saturated heterocycles. The molecule has 0 radical (unpaired) electrons. The van der Waals surface area contributed by atoms with E-state index in [2.05, 4.69) is 55.3 Å². The van der Waals surface area contributed by atoms with E-state index in [1.807, 2.05) is 0 Å². The number of hydrogen-bond acceptors (Lipinski definition) is 3. The van der Waals surface area contributed by atoms with E-state index in [1.165, 1.54) is 17.5 Å². The second-order valence-corrected chi connectivity index (χ2v) is 6.07. The Balaban J connectivity index is 2.67. The van der Waals surface area contributed by atoms with Crippen LogP contribution in [-0.4, -0.2) is 38.3 Å². The molecule has 3 nitrogen and oxygen atoms in total. The van der Waals surface area contributed by atoms with Crippen LogP contribution in [0, 0.1) is 5.92 Å². The van der Waals surface area contributed by atoms with Crippen molar-refractivity contribution in [3.63, 3.8) is 0 Å². The molecule has 3 heteroatoms. The highest BCUT2D eigenvalue weighted by Gasteiger charge is 2.10. The highest BCUT2D eigenvalue weighted by Crippen LogP contribution is 2.13. The fourth-order valence-electron chi connectivity index (χ4n) is 2.50. The zero-order valence-corrected chi connectivity index (χ0v) is 14.2. The molecular weight excluding hydrogens is 260 g/mol. The van der Waals surface area contributed by atoms with Crippen molar-refractivity contribution in [3.8, 4) is 0 Å². The molecule has 0 atom stereocenters. The number of nitrogens with zero attached hydrogens (tertiary/aromatic N) is 1. The molecule has 0 amide bonds. The first kappa shape index (κ1) is 18.1. The van der Waals surface area contributed by atoms with Gasteiger partial charge in [0.15, 0.2) is 0 Å². The van der Waals surface area contributed by atoms with Gasteiger partial charge in [0.2, 0.25) is 0 Å². The van der Waals surface area contributed by atoms with Crippen LogP contribution < -0.4 is 5.32 Å². The van der Waals surface area contributed by atoms with Crippen molar-refractivity contribution in [1.82, 2.24) is 10.2 Å². The Morgan fingerprint density at radius 1 is 1.19 bits per heavy atom. The third kappa shape index (κ3) is 7.60. The van der Waals surface area contributed by atoms with Crippen molar-refractivity contribution in [2.24, 2.45) is 5.92 Å². The Morgan fingerprint density at radius 2 is 1.90 bits per heavy atom. The maximum Gasteiger partial charge on any atom is 0.0589 e. The van der Waals surface area contributed by atoms with Crippen LogP contribution in [0.1, 0.15) is 38.3 Å². The van der Waals surface area contributed by atoms with Crippen LogP contribution in [0.15, 0.2) is 24.3 Å². The van der Waals surface area contributed by atoms with E-state index >= 15 is 0 Å². The van der Waals surface area contributed by atoms with Crippen molar-refractivity contribution in [2.45, 2.75) is 40.3 Å². The zero-order chi connectivity index (χ0) is 15.5. The minimum Gasteiger partial charge on any atom is -0.383 e. The lowest BCUT2D eigenvalue weighted by Crippen LogP contribution is -2.31. The highest BCUT2D eigenvalue weighted by atomic mass is 16.5. The quantitative estimate of drug-likeness (QED) is 0.633. The lowest BCUT2D eigenvalue weighted by molar-refractivity contribution is 0.136. The number of hydrogen-bond donors (Lipinski definition) is 1. The lowest BCUT2D eigenvalue weighted by atomic mass is 10.1. The van der Waals surface area contributed by atoms with Crippen LogP contribution in [0.5, 0.6) is 0 Å². The number of benzene rings is 1. The molecule has 0 bridgehead atoms. The van der Waals surface area contributed by atoms with E-state index < -0.39 is 0 Å². The predicted molar refractivity (Wildman–Crippen MR) is 90.4 cm³/mol. The zero-order valence-electron chi connectivity index (χ0n) is 14.2. The molecule has 0 spiro atoms. The molecule has 0 fully saturated rings. The van der Waals surface area contributed by atoms with E-state index in [0.717, 1.165) is 39.3 Å². The topological polar surface area (TPSA) is 24.5 Å². The summed E-state index contributed by atoms with van der Waals surface area (Å²) in [4.78, 5) is 2.49. The molecule has 0 heterocycles. The lowest BCUT2D eigenvalue weighted by Gasteiger charge is -2.25. The summed E-state index contributed by atoms with van der Waals surface area (Å²) >= 11 is 0. The standard InChI is InChI=1S/C18H32N2O/c1-5-10-19-13-17-8-6-7-9-18(17)15-20(11-12-21-4)14-16(2)3/h6-9,16,19H,5,10-15H2,1-4H3. The average Bonchev–Trinajstić information content (AvgIpc) is 2.46. The van der Waals surface area contributed by atoms with Gasteiger partial charge in [0.25, 0.3) is 0 Å². The summed E-state index contributed by atoms with van der Waals surface area (Å²) in [5.41, 5.74) is 2.84. The van der Waals surface area contributed by atoms with Gasteiger partial charge < -0.3 is 10.1 Å². The molecule has 0 aliphatic carbocycles. The van der Waals surface area contributed by atoms with Crippen molar-refractivity contribution < 1.29 is 4.74 Å². The largest absolute Gasteiger partial charge is 0.383 e. The van der Waals surface area contributed by atoms with Crippen molar-refractivity contribution in [1.29, 1.82) is 0 Å². The predicted octanol–water partition coefficient (Wildman–Crippen LogP) is 3.29.